The second-order valence-corrected chi connectivity index (χ2v) is 14.8. The summed E-state index contributed by atoms with van der Waals surface area (Å²) in [6.45, 7) is 4.15. The predicted octanol–water partition coefficient (Wildman–Crippen LogP) is 8.94. The fraction of sp³-hybridized carbons (Fsp3) is 0.0417. The van der Waals surface area contributed by atoms with E-state index < -0.39 is 0 Å². The Balaban J connectivity index is 0.000000225. The van der Waals surface area contributed by atoms with Crippen molar-refractivity contribution in [3.63, 3.8) is 0 Å². The zero-order valence-electron chi connectivity index (χ0n) is 34.0. The fourth-order valence-electron chi connectivity index (χ4n) is 5.82. The normalized spacial score (nSPS) is 9.67. The minimum atomic E-state index is 0. The molecule has 6 heterocycles. The average Bonchev–Trinajstić information content (AvgIpc) is 3.89. The van der Waals surface area contributed by atoms with E-state index in [0.717, 1.165) is 65.5 Å². The summed E-state index contributed by atoms with van der Waals surface area (Å²) >= 11 is 4.15. The Labute approximate surface area is 446 Å². The third kappa shape index (κ3) is 16.3. The molecule has 10 rings (SSSR count). The van der Waals surface area contributed by atoms with Gasteiger partial charge in [0.15, 0.2) is 0 Å². The summed E-state index contributed by atoms with van der Waals surface area (Å²) in [5, 5.41) is 9.10. The SMILES string of the molecule is Cc1cc(-c2ccccn2)[c-]c(-c2ccccn2)c1.Cc1cc(-c2ccccn2)[c-]c(-c2ccccn2)c1.O=c1[nH]c2ccccc2s1.Oc1nc2ccccc2s1.[Cl][Pt+].[K+].[OH-].[Pt]. The van der Waals surface area contributed by atoms with E-state index in [1.165, 1.54) is 33.8 Å². The van der Waals surface area contributed by atoms with Gasteiger partial charge in [0.25, 0.3) is 5.19 Å². The van der Waals surface area contributed by atoms with Gasteiger partial charge < -0.3 is 15.6 Å². The van der Waals surface area contributed by atoms with Crippen LogP contribution in [0.1, 0.15) is 11.1 Å². The fourth-order valence-corrected chi connectivity index (χ4v) is 7.26. The first-order valence-corrected chi connectivity index (χ1v) is 22.8. The van der Waals surface area contributed by atoms with E-state index in [1.54, 1.807) is 43.6 Å². The van der Waals surface area contributed by atoms with Crippen molar-refractivity contribution in [2.24, 2.45) is 0 Å². The summed E-state index contributed by atoms with van der Waals surface area (Å²) in [4.78, 5) is 34.9. The van der Waals surface area contributed by atoms with Crippen molar-refractivity contribution >= 4 is 52.5 Å². The number of thiazole rings is 2. The summed E-state index contributed by atoms with van der Waals surface area (Å²) < 4.78 is 2.05. The van der Waals surface area contributed by atoms with E-state index in [9.17, 15) is 4.79 Å². The van der Waals surface area contributed by atoms with Crippen LogP contribution in [0.5, 0.6) is 5.19 Å². The Hall–Kier alpha value is -3.88. The number of hydrogen-bond donors (Lipinski definition) is 2. The van der Waals surface area contributed by atoms with Crippen LogP contribution in [0.25, 0.3) is 65.5 Å². The number of aromatic nitrogens is 6. The molecule has 10 aromatic rings. The number of H-pyrrole nitrogens is 1. The van der Waals surface area contributed by atoms with Crippen LogP contribution in [-0.4, -0.2) is 40.5 Å². The van der Waals surface area contributed by atoms with E-state index in [-0.39, 0.29) is 88.0 Å². The number of halogens is 1. The van der Waals surface area contributed by atoms with Crippen LogP contribution < -0.4 is 56.3 Å². The van der Waals surface area contributed by atoms with Gasteiger partial charge in [-0.2, -0.15) is 0 Å². The largest absolute Gasteiger partial charge is 1.00 e. The van der Waals surface area contributed by atoms with Crippen molar-refractivity contribution in [3.8, 4) is 50.2 Å². The zero-order valence-corrected chi connectivity index (χ0v) is 44.1. The Kier molecular flexibility index (Phi) is 23.9. The molecule has 0 fully saturated rings. The maximum atomic E-state index is 10.8. The number of nitrogens with zero attached hydrogens (tertiary/aromatic N) is 5. The molecule has 0 radical (unpaired) electrons. The average molecular weight is 1270 g/mol. The van der Waals surface area contributed by atoms with Gasteiger partial charge in [-0.3, -0.25) is 24.7 Å². The second kappa shape index (κ2) is 28.1. The molecule has 6 aromatic heterocycles. The summed E-state index contributed by atoms with van der Waals surface area (Å²) in [6, 6.07) is 54.0. The number of para-hydroxylation sites is 2. The number of rotatable bonds is 4. The minimum Gasteiger partial charge on any atom is -0.870 e. The molecule has 0 saturated heterocycles. The first kappa shape index (κ1) is 53.5. The number of pyridine rings is 4. The third-order valence-electron chi connectivity index (χ3n) is 8.40. The van der Waals surface area contributed by atoms with Gasteiger partial charge in [-0.1, -0.05) is 132 Å². The number of benzene rings is 4. The van der Waals surface area contributed by atoms with E-state index in [1.807, 2.05) is 121 Å². The van der Waals surface area contributed by atoms with Crippen molar-refractivity contribution in [3.05, 3.63) is 203 Å². The number of hydrogen-bond acceptors (Lipinski definition) is 10. The zero-order chi connectivity index (χ0) is 42.1. The van der Waals surface area contributed by atoms with Gasteiger partial charge in [0.1, 0.15) is 0 Å². The molecule has 0 saturated carbocycles. The quantitative estimate of drug-likeness (QED) is 0.131. The molecule has 0 aliphatic carbocycles. The van der Waals surface area contributed by atoms with E-state index >= 15 is 0 Å². The summed E-state index contributed by atoms with van der Waals surface area (Å²) in [7, 11) is 4.61. The molecule has 0 spiro atoms. The van der Waals surface area contributed by atoms with Gasteiger partial charge in [-0.05, 0) is 48.5 Å². The Morgan fingerprint density at radius 2 is 0.921 bits per heavy atom. The second-order valence-electron chi connectivity index (χ2n) is 12.8. The monoisotopic (exact) mass is 1270 g/mol. The molecule has 0 bridgehead atoms. The van der Waals surface area contributed by atoms with E-state index in [2.05, 4.69) is 89.6 Å². The topological polar surface area (TPSA) is 148 Å². The van der Waals surface area contributed by atoms with Gasteiger partial charge >= 0.3 is 84.4 Å². The number of aromatic amines is 1. The van der Waals surface area contributed by atoms with Gasteiger partial charge in [0.2, 0.25) is 0 Å². The van der Waals surface area contributed by atoms with Gasteiger partial charge in [0.05, 0.1) is 20.4 Å². The number of fused-ring (bicyclic) bond motifs is 2. The van der Waals surface area contributed by atoms with E-state index in [4.69, 9.17) is 5.11 Å². The molecule has 0 aliphatic heterocycles. The van der Waals surface area contributed by atoms with Crippen LogP contribution in [0, 0.1) is 26.0 Å². The molecule has 0 aliphatic rings. The molecular formula is C48H37ClKN6O3Pt2S2-. The smallest absolute Gasteiger partial charge is 0.870 e. The Morgan fingerprint density at radius 3 is 1.29 bits per heavy atom. The molecule has 0 unspecified atom stereocenters. The van der Waals surface area contributed by atoms with Crippen LogP contribution in [0.4, 0.5) is 0 Å². The molecule has 3 N–H and O–H groups in total. The predicted molar refractivity (Wildman–Crippen MR) is 244 cm³/mol. The molecular weight excluding hydrogens is 1240 g/mol. The molecule has 318 valence electrons. The third-order valence-corrected chi connectivity index (χ3v) is 10.1. The summed E-state index contributed by atoms with van der Waals surface area (Å²) in [5.74, 6) is 0. The Bertz CT molecular complexity index is 2620. The Morgan fingerprint density at radius 1 is 0.556 bits per heavy atom. The standard InChI is InChI=1S/2C17H13N2.2C7H5NOS.ClH.K.H2O.2Pt/c2*1-13-10-14(16-6-2-4-8-18-16)12-15(11-13)17-7-3-5-9-19-17;2*9-7-8-5-3-1-2-4-6(5)10-7;;;;;/h2*2-11H,1H3;2*1-4H,(H,8,9);1H;;1H2;;/q2*-1;;;;+1;;;+2/p-2. The molecule has 0 atom stereocenters. The summed E-state index contributed by atoms with van der Waals surface area (Å²) in [5.41, 5.74) is 11.9. The molecule has 15 heteroatoms. The van der Waals surface area contributed by atoms with Gasteiger partial charge in [0, 0.05) is 68.6 Å². The van der Waals surface area contributed by atoms with Crippen LogP contribution in [0.2, 0.25) is 0 Å². The van der Waals surface area contributed by atoms with E-state index in [0.29, 0.717) is 0 Å². The van der Waals surface area contributed by atoms with Crippen LogP contribution in [0.15, 0.2) is 175 Å². The summed E-state index contributed by atoms with van der Waals surface area (Å²) in [6.07, 6.45) is 7.19. The molecule has 63 heavy (non-hydrogen) atoms. The number of aryl methyl sites for hydroxylation is 2. The number of aromatic hydroxyl groups is 1. The van der Waals surface area contributed by atoms with Crippen molar-refractivity contribution in [1.29, 1.82) is 0 Å². The van der Waals surface area contributed by atoms with Crippen molar-refractivity contribution in [1.82, 2.24) is 29.9 Å². The molecule has 0 amide bonds. The van der Waals surface area contributed by atoms with Crippen LogP contribution >= 0.6 is 32.1 Å². The van der Waals surface area contributed by atoms with Crippen molar-refractivity contribution < 1.29 is 102 Å². The first-order chi connectivity index (χ1) is 29.4. The number of nitrogens with one attached hydrogen (secondary N) is 1. The van der Waals surface area contributed by atoms with Crippen LogP contribution in [-0.2, 0) is 39.8 Å². The maximum Gasteiger partial charge on any atom is 1.00 e. The van der Waals surface area contributed by atoms with Crippen molar-refractivity contribution in [2.75, 3.05) is 0 Å². The van der Waals surface area contributed by atoms with Crippen molar-refractivity contribution in [2.45, 2.75) is 13.8 Å². The van der Waals surface area contributed by atoms with Crippen LogP contribution in [0.3, 0.4) is 0 Å². The minimum absolute atomic E-state index is 0. The van der Waals surface area contributed by atoms with Gasteiger partial charge in [-0.15, -0.1) is 47.5 Å². The van der Waals surface area contributed by atoms with Gasteiger partial charge in [-0.25, -0.2) is 4.98 Å². The first-order valence-electron chi connectivity index (χ1n) is 18.4. The molecule has 9 nitrogen and oxygen atoms in total. The maximum absolute atomic E-state index is 10.8. The molecule has 4 aromatic carbocycles.